The van der Waals surface area contributed by atoms with Gasteiger partial charge < -0.3 is 15.1 Å². The zero-order chi connectivity index (χ0) is 17.9. The molecule has 0 aromatic rings. The smallest absolute Gasteiger partial charge is 0.00696 e. The third-order valence-electron chi connectivity index (χ3n) is 5.71. The van der Waals surface area contributed by atoms with E-state index in [2.05, 4.69) is 42.9 Å². The molecule has 0 unspecified atom stereocenters. The molecule has 0 amide bonds. The molecular weight excluding hydrogens is 294 g/mol. The average Bonchev–Trinajstić information content (AvgIpc) is 2.58. The second-order valence-corrected chi connectivity index (χ2v) is 8.14. The van der Waals surface area contributed by atoms with Crippen molar-refractivity contribution in [3.05, 3.63) is 0 Å². The monoisotopic (exact) mass is 341 g/mol. The Morgan fingerprint density at radius 2 is 1.46 bits per heavy atom. The Hall–Kier alpha value is -0.120. The van der Waals surface area contributed by atoms with Crippen LogP contribution in [0.3, 0.4) is 0 Å². The molecular formula is C21H47N3. The summed E-state index contributed by atoms with van der Waals surface area (Å²) in [5, 5.41) is 3.71. The van der Waals surface area contributed by atoms with Gasteiger partial charge in [-0.05, 0) is 77.0 Å². The van der Waals surface area contributed by atoms with Crippen molar-refractivity contribution >= 4 is 0 Å². The van der Waals surface area contributed by atoms with Gasteiger partial charge in [0.15, 0.2) is 0 Å². The summed E-state index contributed by atoms with van der Waals surface area (Å²) in [5.41, 5.74) is 0. The lowest BCUT2D eigenvalue weighted by molar-refractivity contribution is 0.141. The molecule has 2 rings (SSSR count). The standard InChI is InChI=1S/C19H39N3.C2H6.H2/c1-5-22-12-10-18(11-13-22)15-21(4)14-17-6-8-19(9-7-17)20-16(2)3;1-2;/h16-20H,5-15H2,1-4H3;1-2H3;1H. The zero-order valence-corrected chi connectivity index (χ0v) is 17.5. The van der Waals surface area contributed by atoms with Crippen molar-refractivity contribution in [1.29, 1.82) is 0 Å². The molecule has 1 N–H and O–H groups in total. The minimum Gasteiger partial charge on any atom is -0.312 e. The van der Waals surface area contributed by atoms with E-state index in [0.717, 1.165) is 17.9 Å². The number of hydrogen-bond donors (Lipinski definition) is 1. The highest BCUT2D eigenvalue weighted by Gasteiger charge is 2.24. The quantitative estimate of drug-likeness (QED) is 0.736. The van der Waals surface area contributed by atoms with Crippen LogP contribution in [0.2, 0.25) is 0 Å². The van der Waals surface area contributed by atoms with Gasteiger partial charge in [-0.25, -0.2) is 0 Å². The molecule has 2 fully saturated rings. The van der Waals surface area contributed by atoms with Crippen molar-refractivity contribution in [2.24, 2.45) is 11.8 Å². The molecule has 1 saturated heterocycles. The molecule has 0 bridgehead atoms. The molecule has 1 heterocycles. The average molecular weight is 342 g/mol. The van der Waals surface area contributed by atoms with Gasteiger partial charge in [-0.1, -0.05) is 34.6 Å². The fourth-order valence-corrected chi connectivity index (χ4v) is 4.42. The fourth-order valence-electron chi connectivity index (χ4n) is 4.42. The van der Waals surface area contributed by atoms with Crippen molar-refractivity contribution in [3.63, 3.8) is 0 Å². The topological polar surface area (TPSA) is 18.5 Å². The van der Waals surface area contributed by atoms with E-state index in [1.165, 1.54) is 71.2 Å². The molecule has 3 nitrogen and oxygen atoms in total. The number of nitrogens with zero attached hydrogens (tertiary/aromatic N) is 2. The molecule has 0 spiro atoms. The highest BCUT2D eigenvalue weighted by atomic mass is 15.1. The van der Waals surface area contributed by atoms with E-state index in [-0.39, 0.29) is 1.43 Å². The first-order chi connectivity index (χ1) is 11.6. The summed E-state index contributed by atoms with van der Waals surface area (Å²) in [6.45, 7) is 17.3. The predicted octanol–water partition coefficient (Wildman–Crippen LogP) is 4.48. The molecule has 0 atom stereocenters. The van der Waals surface area contributed by atoms with Crippen molar-refractivity contribution in [2.45, 2.75) is 85.2 Å². The van der Waals surface area contributed by atoms with Crippen molar-refractivity contribution in [1.82, 2.24) is 15.1 Å². The molecule has 1 aliphatic carbocycles. The fraction of sp³-hybridized carbons (Fsp3) is 1.00. The minimum atomic E-state index is 0. The van der Waals surface area contributed by atoms with Crippen LogP contribution in [0, 0.1) is 11.8 Å². The van der Waals surface area contributed by atoms with E-state index in [9.17, 15) is 0 Å². The van der Waals surface area contributed by atoms with Gasteiger partial charge in [-0.2, -0.15) is 0 Å². The van der Waals surface area contributed by atoms with Crippen LogP contribution in [-0.4, -0.2) is 61.7 Å². The molecule has 0 aromatic carbocycles. The second-order valence-electron chi connectivity index (χ2n) is 8.14. The van der Waals surface area contributed by atoms with Crippen LogP contribution in [0.15, 0.2) is 0 Å². The highest BCUT2D eigenvalue weighted by Crippen LogP contribution is 2.26. The predicted molar refractivity (Wildman–Crippen MR) is 110 cm³/mol. The van der Waals surface area contributed by atoms with E-state index >= 15 is 0 Å². The molecule has 0 aromatic heterocycles. The maximum absolute atomic E-state index is 3.71. The molecule has 1 aliphatic heterocycles. The minimum absolute atomic E-state index is 0. The Kier molecular flexibility index (Phi) is 11.2. The van der Waals surface area contributed by atoms with Gasteiger partial charge in [0.25, 0.3) is 0 Å². The number of likely N-dealkylation sites (tertiary alicyclic amines) is 1. The summed E-state index contributed by atoms with van der Waals surface area (Å²) in [4.78, 5) is 5.23. The van der Waals surface area contributed by atoms with Crippen molar-refractivity contribution in [3.8, 4) is 0 Å². The Balaban J connectivity index is 0.00000185. The van der Waals surface area contributed by atoms with Crippen LogP contribution in [0.4, 0.5) is 0 Å². The first kappa shape index (κ1) is 21.9. The molecule has 24 heavy (non-hydrogen) atoms. The third kappa shape index (κ3) is 8.31. The van der Waals surface area contributed by atoms with Crippen molar-refractivity contribution in [2.75, 3.05) is 39.8 Å². The van der Waals surface area contributed by atoms with E-state index in [1.54, 1.807) is 0 Å². The van der Waals surface area contributed by atoms with E-state index in [1.807, 2.05) is 13.8 Å². The van der Waals surface area contributed by atoms with Gasteiger partial charge in [-0.3, -0.25) is 0 Å². The van der Waals surface area contributed by atoms with Crippen LogP contribution in [0.1, 0.15) is 74.6 Å². The van der Waals surface area contributed by atoms with Crippen LogP contribution in [-0.2, 0) is 0 Å². The lowest BCUT2D eigenvalue weighted by Gasteiger charge is -2.36. The van der Waals surface area contributed by atoms with Gasteiger partial charge in [0.05, 0.1) is 0 Å². The van der Waals surface area contributed by atoms with Crippen molar-refractivity contribution < 1.29 is 1.43 Å². The molecule has 146 valence electrons. The van der Waals surface area contributed by atoms with Crippen LogP contribution >= 0.6 is 0 Å². The van der Waals surface area contributed by atoms with Gasteiger partial charge >= 0.3 is 0 Å². The third-order valence-corrected chi connectivity index (χ3v) is 5.71. The number of piperidine rings is 1. The molecule has 2 aliphatic rings. The first-order valence-electron chi connectivity index (χ1n) is 10.7. The van der Waals surface area contributed by atoms with E-state index in [4.69, 9.17) is 0 Å². The Labute approximate surface area is 154 Å². The summed E-state index contributed by atoms with van der Waals surface area (Å²) in [7, 11) is 2.35. The SMILES string of the molecule is CC.CCN1CCC(CN(C)CC2CCC(NC(C)C)CC2)CC1.[HH]. The summed E-state index contributed by atoms with van der Waals surface area (Å²) < 4.78 is 0. The summed E-state index contributed by atoms with van der Waals surface area (Å²) in [5.74, 6) is 1.87. The van der Waals surface area contributed by atoms with Gasteiger partial charge in [0.2, 0.25) is 0 Å². The summed E-state index contributed by atoms with van der Waals surface area (Å²) in [6.07, 6.45) is 8.41. The lowest BCUT2D eigenvalue weighted by Crippen LogP contribution is -2.41. The maximum Gasteiger partial charge on any atom is 0.00696 e. The van der Waals surface area contributed by atoms with Gasteiger partial charge in [0.1, 0.15) is 0 Å². The first-order valence-corrected chi connectivity index (χ1v) is 10.7. The Bertz CT molecular complexity index is 296. The largest absolute Gasteiger partial charge is 0.312 e. The normalized spacial score (nSPS) is 26.5. The van der Waals surface area contributed by atoms with Crippen LogP contribution in [0.5, 0.6) is 0 Å². The zero-order valence-electron chi connectivity index (χ0n) is 17.5. The summed E-state index contributed by atoms with van der Waals surface area (Å²) >= 11 is 0. The Morgan fingerprint density at radius 3 is 1.92 bits per heavy atom. The maximum atomic E-state index is 3.71. The van der Waals surface area contributed by atoms with Gasteiger partial charge in [-0.15, -0.1) is 0 Å². The summed E-state index contributed by atoms with van der Waals surface area (Å²) in [6, 6.07) is 1.41. The van der Waals surface area contributed by atoms with E-state index < -0.39 is 0 Å². The van der Waals surface area contributed by atoms with Crippen LogP contribution < -0.4 is 5.32 Å². The molecule has 0 radical (unpaired) electrons. The van der Waals surface area contributed by atoms with Crippen LogP contribution in [0.25, 0.3) is 0 Å². The second kappa shape index (κ2) is 12.3. The number of hydrogen-bond acceptors (Lipinski definition) is 3. The number of nitrogens with one attached hydrogen (secondary N) is 1. The molecule has 1 saturated carbocycles. The Morgan fingerprint density at radius 1 is 0.958 bits per heavy atom. The van der Waals surface area contributed by atoms with E-state index in [0.29, 0.717) is 6.04 Å². The highest BCUT2D eigenvalue weighted by molar-refractivity contribution is 4.80. The lowest BCUT2D eigenvalue weighted by atomic mass is 9.85. The number of rotatable bonds is 7. The molecule has 3 heteroatoms. The van der Waals surface area contributed by atoms with Gasteiger partial charge in [0, 0.05) is 26.6 Å².